The Bertz CT molecular complexity index is 1300. The van der Waals surface area contributed by atoms with Crippen LogP contribution in [-0.4, -0.2) is 63.8 Å². The Labute approximate surface area is 216 Å². The lowest BCUT2D eigenvalue weighted by atomic mass is 9.93. The number of carbonyl (C=O) groups is 1. The van der Waals surface area contributed by atoms with Crippen LogP contribution in [0, 0.1) is 0 Å². The molecule has 2 N–H and O–H groups in total. The molecule has 0 unspecified atom stereocenters. The molecule has 1 saturated heterocycles. The van der Waals surface area contributed by atoms with E-state index in [0.29, 0.717) is 28.0 Å². The third-order valence-corrected chi connectivity index (χ3v) is 7.45. The second kappa shape index (κ2) is 10.1. The lowest BCUT2D eigenvalue weighted by molar-refractivity contribution is 0.0916. The Balaban J connectivity index is 1.40. The van der Waals surface area contributed by atoms with Crippen LogP contribution in [0.15, 0.2) is 18.3 Å². The first kappa shape index (κ1) is 24.5. The number of piperidine rings is 1. The number of carbonyl (C=O) groups excluding carboxylic acids is 1. The molecule has 1 fully saturated rings. The summed E-state index contributed by atoms with van der Waals surface area (Å²) in [5.41, 5.74) is 6.36. The molecular formula is C26H32ClN7O2. The Morgan fingerprint density at radius 3 is 2.72 bits per heavy atom. The number of rotatable bonds is 6. The van der Waals surface area contributed by atoms with Gasteiger partial charge in [-0.1, -0.05) is 18.5 Å². The van der Waals surface area contributed by atoms with Crippen LogP contribution >= 0.6 is 11.6 Å². The van der Waals surface area contributed by atoms with Gasteiger partial charge in [-0.05, 0) is 69.9 Å². The summed E-state index contributed by atoms with van der Waals surface area (Å²) in [6.45, 7) is 4.06. The number of aromatic nitrogens is 4. The van der Waals surface area contributed by atoms with Crippen molar-refractivity contribution >= 4 is 29.1 Å². The van der Waals surface area contributed by atoms with Crippen LogP contribution in [0.3, 0.4) is 0 Å². The van der Waals surface area contributed by atoms with Gasteiger partial charge in [0.15, 0.2) is 0 Å². The van der Waals surface area contributed by atoms with E-state index in [4.69, 9.17) is 26.4 Å². The van der Waals surface area contributed by atoms with E-state index in [1.165, 1.54) is 0 Å². The summed E-state index contributed by atoms with van der Waals surface area (Å²) in [6, 6.07) is 3.50. The predicted molar refractivity (Wildman–Crippen MR) is 140 cm³/mol. The maximum Gasteiger partial charge on any atom is 0.253 e. The number of ether oxygens (including phenoxy) is 1. The summed E-state index contributed by atoms with van der Waals surface area (Å²) in [5, 5.41) is 11.4. The molecule has 0 saturated carbocycles. The van der Waals surface area contributed by atoms with E-state index in [2.05, 4.69) is 34.5 Å². The van der Waals surface area contributed by atoms with E-state index in [0.717, 1.165) is 73.4 Å². The molecule has 3 aromatic rings. The van der Waals surface area contributed by atoms with E-state index in [1.807, 2.05) is 17.9 Å². The SMILES string of the molecule is CCc1c2c(nn1C)CCc1cnc(Nc3cc(Cl)c(C(=O)NC4CCN(C)CC4)cc3OC)nc1-2. The van der Waals surface area contributed by atoms with Crippen LogP contribution in [0.2, 0.25) is 5.02 Å². The van der Waals surface area contributed by atoms with Gasteiger partial charge >= 0.3 is 0 Å². The molecule has 0 bridgehead atoms. The molecule has 9 nitrogen and oxygen atoms in total. The minimum Gasteiger partial charge on any atom is -0.495 e. The molecule has 5 rings (SSSR count). The number of hydrogen-bond acceptors (Lipinski definition) is 7. The fraction of sp³-hybridized carbons (Fsp3) is 0.462. The Morgan fingerprint density at radius 1 is 1.22 bits per heavy atom. The van der Waals surface area contributed by atoms with Crippen molar-refractivity contribution in [2.24, 2.45) is 7.05 Å². The third-order valence-electron chi connectivity index (χ3n) is 7.14. The average Bonchev–Trinajstić information content (AvgIpc) is 3.21. The van der Waals surface area contributed by atoms with Crippen LogP contribution in [0.4, 0.5) is 11.6 Å². The second-order valence-electron chi connectivity index (χ2n) is 9.52. The van der Waals surface area contributed by atoms with Crippen molar-refractivity contribution in [3.8, 4) is 17.0 Å². The first-order valence-corrected chi connectivity index (χ1v) is 12.8. The summed E-state index contributed by atoms with van der Waals surface area (Å²) in [6.07, 6.45) is 6.33. The number of amides is 1. The summed E-state index contributed by atoms with van der Waals surface area (Å²) >= 11 is 6.57. The maximum absolute atomic E-state index is 13.0. The van der Waals surface area contributed by atoms with Gasteiger partial charge in [0.25, 0.3) is 5.91 Å². The molecular weight excluding hydrogens is 478 g/mol. The zero-order valence-electron chi connectivity index (χ0n) is 21.2. The number of hydrogen-bond donors (Lipinski definition) is 2. The highest BCUT2D eigenvalue weighted by Crippen LogP contribution is 2.37. The molecule has 0 atom stereocenters. The molecule has 190 valence electrons. The van der Waals surface area contributed by atoms with Crippen molar-refractivity contribution < 1.29 is 9.53 Å². The van der Waals surface area contributed by atoms with Crippen molar-refractivity contribution in [2.45, 2.75) is 45.1 Å². The zero-order valence-corrected chi connectivity index (χ0v) is 21.9. The highest BCUT2D eigenvalue weighted by molar-refractivity contribution is 6.34. The number of aryl methyl sites for hydroxylation is 3. The van der Waals surface area contributed by atoms with E-state index in [1.54, 1.807) is 19.2 Å². The van der Waals surface area contributed by atoms with Gasteiger partial charge < -0.3 is 20.3 Å². The molecule has 2 aliphatic rings. The lowest BCUT2D eigenvalue weighted by Gasteiger charge is -2.29. The van der Waals surface area contributed by atoms with Gasteiger partial charge in [-0.15, -0.1) is 0 Å². The standard InChI is InChI=1S/C26H32ClN7O2/c1-5-21-23-19(32-34(21)3)7-6-15-14-28-26(31-24(15)23)30-20-13-18(27)17(12-22(20)36-4)25(35)29-16-8-10-33(2)11-9-16/h12-14,16H,5-11H2,1-4H3,(H,29,35)(H,28,30,31). The van der Waals surface area contributed by atoms with Crippen molar-refractivity contribution in [2.75, 3.05) is 32.6 Å². The van der Waals surface area contributed by atoms with Gasteiger partial charge in [0.05, 0.1) is 34.8 Å². The van der Waals surface area contributed by atoms with Crippen molar-refractivity contribution in [1.29, 1.82) is 0 Å². The first-order chi connectivity index (χ1) is 17.4. The molecule has 2 aromatic heterocycles. The Kier molecular flexibility index (Phi) is 6.85. The van der Waals surface area contributed by atoms with Crippen molar-refractivity contribution in [1.82, 2.24) is 30.0 Å². The number of benzene rings is 1. The maximum atomic E-state index is 13.0. The number of halogens is 1. The normalized spacial score (nSPS) is 15.8. The summed E-state index contributed by atoms with van der Waals surface area (Å²) in [4.78, 5) is 24.6. The molecule has 0 radical (unpaired) electrons. The fourth-order valence-electron chi connectivity index (χ4n) is 5.12. The second-order valence-corrected chi connectivity index (χ2v) is 9.93. The van der Waals surface area contributed by atoms with E-state index < -0.39 is 0 Å². The number of nitrogens with zero attached hydrogens (tertiary/aromatic N) is 5. The smallest absolute Gasteiger partial charge is 0.253 e. The van der Waals surface area contributed by atoms with Crippen LogP contribution in [0.25, 0.3) is 11.3 Å². The topological polar surface area (TPSA) is 97.2 Å². The van der Waals surface area contributed by atoms with Crippen molar-refractivity contribution in [3.05, 3.63) is 45.9 Å². The van der Waals surface area contributed by atoms with Gasteiger partial charge in [-0.2, -0.15) is 5.10 Å². The van der Waals surface area contributed by atoms with Crippen LogP contribution in [-0.2, 0) is 26.3 Å². The lowest BCUT2D eigenvalue weighted by Crippen LogP contribution is -2.43. The zero-order chi connectivity index (χ0) is 25.4. The van der Waals surface area contributed by atoms with Gasteiger partial charge in [0.1, 0.15) is 5.75 Å². The van der Waals surface area contributed by atoms with Crippen molar-refractivity contribution in [3.63, 3.8) is 0 Å². The summed E-state index contributed by atoms with van der Waals surface area (Å²) < 4.78 is 7.55. The highest BCUT2D eigenvalue weighted by atomic mass is 35.5. The highest BCUT2D eigenvalue weighted by Gasteiger charge is 2.26. The first-order valence-electron chi connectivity index (χ1n) is 12.4. The van der Waals surface area contributed by atoms with Crippen LogP contribution < -0.4 is 15.4 Å². The molecule has 1 aromatic carbocycles. The van der Waals surface area contributed by atoms with Gasteiger partial charge in [0.2, 0.25) is 5.95 Å². The molecule has 1 amide bonds. The minimum atomic E-state index is -0.194. The number of anilines is 2. The van der Waals surface area contributed by atoms with Crippen LogP contribution in [0.1, 0.15) is 47.1 Å². The van der Waals surface area contributed by atoms with E-state index in [9.17, 15) is 4.79 Å². The minimum absolute atomic E-state index is 0.142. The molecule has 10 heteroatoms. The van der Waals surface area contributed by atoms with E-state index in [-0.39, 0.29) is 11.9 Å². The van der Waals surface area contributed by atoms with E-state index >= 15 is 0 Å². The molecule has 0 spiro atoms. The monoisotopic (exact) mass is 509 g/mol. The third kappa shape index (κ3) is 4.65. The summed E-state index contributed by atoms with van der Waals surface area (Å²) in [5.74, 6) is 0.733. The molecule has 3 heterocycles. The summed E-state index contributed by atoms with van der Waals surface area (Å²) in [7, 11) is 5.64. The number of likely N-dealkylation sites (tertiary alicyclic amines) is 1. The molecule has 1 aliphatic heterocycles. The average molecular weight is 510 g/mol. The fourth-order valence-corrected chi connectivity index (χ4v) is 5.37. The molecule has 1 aliphatic carbocycles. The quantitative estimate of drug-likeness (QED) is 0.522. The predicted octanol–water partition coefficient (Wildman–Crippen LogP) is 3.77. The van der Waals surface area contributed by atoms with Crippen LogP contribution in [0.5, 0.6) is 5.75 Å². The van der Waals surface area contributed by atoms with Gasteiger partial charge in [-0.25, -0.2) is 9.97 Å². The number of nitrogens with one attached hydrogen (secondary N) is 2. The Morgan fingerprint density at radius 2 is 2.00 bits per heavy atom. The van der Waals surface area contributed by atoms with Gasteiger partial charge in [-0.3, -0.25) is 9.48 Å². The molecule has 36 heavy (non-hydrogen) atoms. The largest absolute Gasteiger partial charge is 0.495 e. The number of fused-ring (bicyclic) bond motifs is 3. The van der Waals surface area contributed by atoms with Gasteiger partial charge in [0, 0.05) is 30.5 Å². The Hall–Kier alpha value is -3.17. The number of methoxy groups -OCH3 is 1.